The highest BCUT2D eigenvalue weighted by Crippen LogP contribution is 2.36. The number of fused-ring (bicyclic) bond motifs is 3. The van der Waals surface area contributed by atoms with Gasteiger partial charge in [-0.2, -0.15) is 0 Å². The van der Waals surface area contributed by atoms with Gasteiger partial charge < -0.3 is 0 Å². The Morgan fingerprint density at radius 1 is 0.651 bits per heavy atom. The second-order valence-corrected chi connectivity index (χ2v) is 11.3. The second kappa shape index (κ2) is 12.2. The summed E-state index contributed by atoms with van der Waals surface area (Å²) in [6.07, 6.45) is 4.25. The molecule has 0 saturated heterocycles. The molecule has 1 aliphatic rings. The van der Waals surface area contributed by atoms with Gasteiger partial charge in [-0.25, -0.2) is 0 Å². The lowest BCUT2D eigenvalue weighted by Gasteiger charge is -2.26. The van der Waals surface area contributed by atoms with Gasteiger partial charge >= 0.3 is 0 Å². The summed E-state index contributed by atoms with van der Waals surface area (Å²) in [5.41, 5.74) is 8.36. The molecule has 2 N–H and O–H groups in total. The summed E-state index contributed by atoms with van der Waals surface area (Å²) in [4.78, 5) is 4.78. The van der Waals surface area contributed by atoms with Gasteiger partial charge in [-0.1, -0.05) is 115 Å². The van der Waals surface area contributed by atoms with Gasteiger partial charge in [0.2, 0.25) is 0 Å². The zero-order valence-electron chi connectivity index (χ0n) is 24.4. The molecular weight excluding hydrogens is 522 g/mol. The van der Waals surface area contributed by atoms with Gasteiger partial charge in [-0.05, 0) is 86.6 Å². The van der Waals surface area contributed by atoms with E-state index in [0.29, 0.717) is 6.54 Å². The van der Waals surface area contributed by atoms with Crippen molar-refractivity contribution in [2.45, 2.75) is 25.7 Å². The molecule has 0 fully saturated rings. The predicted octanol–water partition coefficient (Wildman–Crippen LogP) is 9.16. The molecule has 1 aliphatic heterocycles. The normalized spacial score (nSPS) is 14.2. The van der Waals surface area contributed by atoms with Gasteiger partial charge in [0, 0.05) is 18.2 Å². The number of rotatable bonds is 9. The van der Waals surface area contributed by atoms with E-state index in [1.165, 1.54) is 49.4 Å². The first-order chi connectivity index (χ1) is 21.2. The molecule has 1 heterocycles. The molecular formula is C40H35N3. The fraction of sp³-hybridized carbons (Fsp3) is 0.125. The molecule has 6 aromatic carbocycles. The highest BCUT2D eigenvalue weighted by molar-refractivity contribution is 6.15. The molecule has 3 nitrogen and oxygen atoms in total. The van der Waals surface area contributed by atoms with Crippen LogP contribution in [0, 0.1) is 0 Å². The fourth-order valence-corrected chi connectivity index (χ4v) is 6.17. The van der Waals surface area contributed by atoms with E-state index < -0.39 is 0 Å². The van der Waals surface area contributed by atoms with Crippen molar-refractivity contribution < 1.29 is 0 Å². The zero-order chi connectivity index (χ0) is 29.0. The van der Waals surface area contributed by atoms with Crippen LogP contribution in [0.4, 0.5) is 0 Å². The lowest BCUT2D eigenvalue weighted by Crippen LogP contribution is -2.35. The SMILES string of the molecule is CC(NC(NCc1cc(C2=NCC=C2)cc(-c2cc3ccccc3c3ccccc23)c1)c1ccccc1)c1ccccc1. The van der Waals surface area contributed by atoms with Crippen LogP contribution in [0.15, 0.2) is 151 Å². The second-order valence-electron chi connectivity index (χ2n) is 11.3. The molecule has 0 amide bonds. The van der Waals surface area contributed by atoms with Crippen LogP contribution in [0.25, 0.3) is 32.7 Å². The molecule has 2 atom stereocenters. The van der Waals surface area contributed by atoms with Crippen molar-refractivity contribution in [3.8, 4) is 11.1 Å². The first-order valence-corrected chi connectivity index (χ1v) is 15.1. The monoisotopic (exact) mass is 557 g/mol. The Balaban J connectivity index is 1.27. The molecule has 0 aliphatic carbocycles. The van der Waals surface area contributed by atoms with Crippen molar-refractivity contribution in [2.75, 3.05) is 6.54 Å². The van der Waals surface area contributed by atoms with Gasteiger partial charge in [-0.15, -0.1) is 0 Å². The van der Waals surface area contributed by atoms with Crippen LogP contribution in [0.5, 0.6) is 0 Å². The van der Waals surface area contributed by atoms with Crippen LogP contribution < -0.4 is 10.6 Å². The molecule has 0 spiro atoms. The Kier molecular flexibility index (Phi) is 7.66. The van der Waals surface area contributed by atoms with Gasteiger partial charge in [0.05, 0.1) is 18.4 Å². The third kappa shape index (κ3) is 5.78. The Bertz CT molecular complexity index is 1940. The van der Waals surface area contributed by atoms with Gasteiger partial charge in [-0.3, -0.25) is 15.6 Å². The highest BCUT2D eigenvalue weighted by atomic mass is 15.1. The first-order valence-electron chi connectivity index (χ1n) is 15.1. The number of hydrogen-bond donors (Lipinski definition) is 2. The highest BCUT2D eigenvalue weighted by Gasteiger charge is 2.17. The molecule has 210 valence electrons. The summed E-state index contributed by atoms with van der Waals surface area (Å²) in [6, 6.07) is 48.2. The Morgan fingerprint density at radius 2 is 1.30 bits per heavy atom. The fourth-order valence-electron chi connectivity index (χ4n) is 6.17. The van der Waals surface area contributed by atoms with E-state index in [-0.39, 0.29) is 12.2 Å². The molecule has 0 saturated carbocycles. The maximum Gasteiger partial charge on any atom is 0.0842 e. The Labute approximate surface area is 253 Å². The summed E-state index contributed by atoms with van der Waals surface area (Å²) in [7, 11) is 0. The summed E-state index contributed by atoms with van der Waals surface area (Å²) in [6.45, 7) is 3.67. The molecule has 6 aromatic rings. The van der Waals surface area contributed by atoms with Gasteiger partial charge in [0.15, 0.2) is 0 Å². The van der Waals surface area contributed by atoms with E-state index >= 15 is 0 Å². The van der Waals surface area contributed by atoms with E-state index in [1.807, 2.05) is 0 Å². The van der Waals surface area contributed by atoms with Crippen molar-refractivity contribution in [1.82, 2.24) is 10.6 Å². The van der Waals surface area contributed by atoms with Crippen LogP contribution >= 0.6 is 0 Å². The van der Waals surface area contributed by atoms with Crippen LogP contribution in [0.1, 0.15) is 41.4 Å². The van der Waals surface area contributed by atoms with E-state index in [4.69, 9.17) is 4.99 Å². The number of nitrogens with one attached hydrogen (secondary N) is 2. The number of allylic oxidation sites excluding steroid dienone is 1. The van der Waals surface area contributed by atoms with E-state index in [2.05, 4.69) is 163 Å². The van der Waals surface area contributed by atoms with Crippen molar-refractivity contribution >= 4 is 27.3 Å². The molecule has 2 unspecified atom stereocenters. The molecule has 43 heavy (non-hydrogen) atoms. The number of aliphatic imine (C=N–C) groups is 1. The smallest absolute Gasteiger partial charge is 0.0842 e. The van der Waals surface area contributed by atoms with Crippen LogP contribution in [-0.2, 0) is 6.54 Å². The van der Waals surface area contributed by atoms with Crippen molar-refractivity contribution in [1.29, 1.82) is 0 Å². The minimum atomic E-state index is -0.0197. The molecule has 0 aromatic heterocycles. The van der Waals surface area contributed by atoms with Gasteiger partial charge in [0.25, 0.3) is 0 Å². The maximum atomic E-state index is 4.78. The Hall–Kier alpha value is -4.83. The summed E-state index contributed by atoms with van der Waals surface area (Å²) >= 11 is 0. The standard InChI is InChI=1S/C40H35N3/c1-28(30-13-4-2-5-14-30)43-40(31-15-6-3-7-16-31)42-27-29-23-33(25-34(24-29)39-21-12-22-41-39)38-26-32-17-8-9-18-35(32)36-19-10-11-20-37(36)38/h2-21,23-26,28,40,42-43H,22,27H2,1H3. The van der Waals surface area contributed by atoms with Crippen molar-refractivity contribution in [2.24, 2.45) is 4.99 Å². The topological polar surface area (TPSA) is 36.4 Å². The zero-order valence-corrected chi connectivity index (χ0v) is 24.4. The molecule has 7 rings (SSSR count). The third-order valence-electron chi connectivity index (χ3n) is 8.37. The number of nitrogens with zero attached hydrogens (tertiary/aromatic N) is 1. The van der Waals surface area contributed by atoms with E-state index in [1.54, 1.807) is 0 Å². The van der Waals surface area contributed by atoms with Crippen molar-refractivity contribution in [3.05, 3.63) is 168 Å². The first kappa shape index (κ1) is 27.0. The minimum Gasteiger partial charge on any atom is -0.294 e. The average Bonchev–Trinajstić information content (AvgIpc) is 3.62. The van der Waals surface area contributed by atoms with Crippen LogP contribution in [-0.4, -0.2) is 12.3 Å². The lowest BCUT2D eigenvalue weighted by molar-refractivity contribution is 0.394. The number of benzene rings is 6. The summed E-state index contributed by atoms with van der Waals surface area (Å²) in [5, 5.41) is 12.8. The quantitative estimate of drug-likeness (QED) is 0.137. The largest absolute Gasteiger partial charge is 0.294 e. The van der Waals surface area contributed by atoms with E-state index in [9.17, 15) is 0 Å². The average molecular weight is 558 g/mol. The third-order valence-corrected chi connectivity index (χ3v) is 8.37. The summed E-state index contributed by atoms with van der Waals surface area (Å²) in [5.74, 6) is 0. The minimum absolute atomic E-state index is 0.0197. The van der Waals surface area contributed by atoms with Gasteiger partial charge in [0.1, 0.15) is 0 Å². The Morgan fingerprint density at radius 3 is 2.05 bits per heavy atom. The predicted molar refractivity (Wildman–Crippen MR) is 181 cm³/mol. The van der Waals surface area contributed by atoms with Crippen LogP contribution in [0.2, 0.25) is 0 Å². The molecule has 0 bridgehead atoms. The summed E-state index contributed by atoms with van der Waals surface area (Å²) < 4.78 is 0. The lowest BCUT2D eigenvalue weighted by atomic mass is 9.91. The van der Waals surface area contributed by atoms with Crippen LogP contribution in [0.3, 0.4) is 0 Å². The molecule has 0 radical (unpaired) electrons. The maximum absolute atomic E-state index is 4.78. The molecule has 3 heteroatoms. The van der Waals surface area contributed by atoms with E-state index in [0.717, 1.165) is 17.8 Å². The number of hydrogen-bond acceptors (Lipinski definition) is 3. The van der Waals surface area contributed by atoms with Crippen molar-refractivity contribution in [3.63, 3.8) is 0 Å².